The molecule has 1 heterocycles. The van der Waals surface area contributed by atoms with Crippen molar-refractivity contribution in [1.82, 2.24) is 9.97 Å². The molecule has 0 aliphatic heterocycles. The Morgan fingerprint density at radius 3 is 1.38 bits per heavy atom. The lowest BCUT2D eigenvalue weighted by Gasteiger charge is -2.15. The highest BCUT2D eigenvalue weighted by molar-refractivity contribution is 5.88. The van der Waals surface area contributed by atoms with Gasteiger partial charge in [-0.25, -0.2) is 9.97 Å². The number of aromatic nitrogens is 2. The Morgan fingerprint density at radius 1 is 0.594 bits per heavy atom. The maximum atomic E-state index is 6.08. The van der Waals surface area contributed by atoms with E-state index < -0.39 is 0 Å². The van der Waals surface area contributed by atoms with Gasteiger partial charge in [0, 0.05) is 23.3 Å². The average Bonchev–Trinajstić information content (AvgIpc) is 2.85. The Morgan fingerprint density at radius 2 is 1.00 bits per heavy atom. The van der Waals surface area contributed by atoms with Crippen molar-refractivity contribution in [2.75, 3.05) is 13.2 Å². The molecule has 1 aromatic heterocycles. The standard InChI is InChI=1S/C28H30N2O2/c1-3-5-17-31-25-19-23-24(20-26(25)32-18-6-4-2)30-28(22-15-11-8-12-16-22)27(29-23)21-13-9-7-10-14-21/h7-16,19-20H,3-6,17-18H2,1-2H3. The van der Waals surface area contributed by atoms with Crippen LogP contribution in [-0.4, -0.2) is 23.2 Å². The minimum Gasteiger partial charge on any atom is -0.490 e. The first-order valence-electron chi connectivity index (χ1n) is 11.5. The Balaban J connectivity index is 1.85. The summed E-state index contributed by atoms with van der Waals surface area (Å²) in [5.41, 5.74) is 5.41. The molecule has 164 valence electrons. The molecular formula is C28H30N2O2. The largest absolute Gasteiger partial charge is 0.490 e. The zero-order valence-electron chi connectivity index (χ0n) is 18.9. The second-order valence-corrected chi connectivity index (χ2v) is 7.84. The van der Waals surface area contributed by atoms with E-state index in [0.717, 1.165) is 70.7 Å². The summed E-state index contributed by atoms with van der Waals surface area (Å²) in [7, 11) is 0. The first-order valence-corrected chi connectivity index (χ1v) is 11.5. The molecule has 0 amide bonds. The third-order valence-electron chi connectivity index (χ3n) is 5.34. The van der Waals surface area contributed by atoms with Crippen LogP contribution in [0.2, 0.25) is 0 Å². The SMILES string of the molecule is CCCCOc1cc2nc(-c3ccccc3)c(-c3ccccc3)nc2cc1OCCCC. The second kappa shape index (κ2) is 10.8. The molecule has 0 aliphatic carbocycles. The summed E-state index contributed by atoms with van der Waals surface area (Å²) >= 11 is 0. The predicted molar refractivity (Wildman–Crippen MR) is 131 cm³/mol. The molecule has 4 nitrogen and oxygen atoms in total. The summed E-state index contributed by atoms with van der Waals surface area (Å²) in [5, 5.41) is 0. The number of hydrogen-bond acceptors (Lipinski definition) is 4. The molecule has 0 saturated carbocycles. The summed E-state index contributed by atoms with van der Waals surface area (Å²) in [6, 6.07) is 24.4. The van der Waals surface area contributed by atoms with Crippen LogP contribution in [0.5, 0.6) is 11.5 Å². The fraction of sp³-hybridized carbons (Fsp3) is 0.286. The van der Waals surface area contributed by atoms with Crippen LogP contribution in [0.1, 0.15) is 39.5 Å². The molecule has 0 atom stereocenters. The van der Waals surface area contributed by atoms with Gasteiger partial charge in [0.1, 0.15) is 0 Å². The van der Waals surface area contributed by atoms with Crippen LogP contribution in [0.3, 0.4) is 0 Å². The highest BCUT2D eigenvalue weighted by Gasteiger charge is 2.16. The highest BCUT2D eigenvalue weighted by Crippen LogP contribution is 2.36. The maximum Gasteiger partial charge on any atom is 0.163 e. The molecule has 0 saturated heterocycles. The van der Waals surface area contributed by atoms with Crippen LogP contribution in [0.4, 0.5) is 0 Å². The van der Waals surface area contributed by atoms with Crippen molar-refractivity contribution < 1.29 is 9.47 Å². The van der Waals surface area contributed by atoms with E-state index in [1.165, 1.54) is 0 Å². The summed E-state index contributed by atoms with van der Waals surface area (Å²) in [4.78, 5) is 10.1. The molecular weight excluding hydrogens is 396 g/mol. The lowest BCUT2D eigenvalue weighted by atomic mass is 10.0. The van der Waals surface area contributed by atoms with Gasteiger partial charge < -0.3 is 9.47 Å². The van der Waals surface area contributed by atoms with Gasteiger partial charge in [-0.15, -0.1) is 0 Å². The van der Waals surface area contributed by atoms with Gasteiger partial charge in [-0.3, -0.25) is 0 Å². The fourth-order valence-corrected chi connectivity index (χ4v) is 3.54. The predicted octanol–water partition coefficient (Wildman–Crippen LogP) is 7.32. The van der Waals surface area contributed by atoms with Crippen molar-refractivity contribution in [3.05, 3.63) is 72.8 Å². The molecule has 0 fully saturated rings. The van der Waals surface area contributed by atoms with E-state index in [9.17, 15) is 0 Å². The van der Waals surface area contributed by atoms with Crippen LogP contribution in [0, 0.1) is 0 Å². The molecule has 0 spiro atoms. The summed E-state index contributed by atoms with van der Waals surface area (Å²) in [6.07, 6.45) is 4.16. The third-order valence-corrected chi connectivity index (χ3v) is 5.34. The van der Waals surface area contributed by atoms with Gasteiger partial charge in [0.25, 0.3) is 0 Å². The van der Waals surface area contributed by atoms with E-state index in [0.29, 0.717) is 13.2 Å². The number of rotatable bonds is 10. The number of ether oxygens (including phenoxy) is 2. The van der Waals surface area contributed by atoms with E-state index in [4.69, 9.17) is 19.4 Å². The van der Waals surface area contributed by atoms with Gasteiger partial charge in [0.2, 0.25) is 0 Å². The highest BCUT2D eigenvalue weighted by atomic mass is 16.5. The normalized spacial score (nSPS) is 10.9. The van der Waals surface area contributed by atoms with Crippen molar-refractivity contribution in [1.29, 1.82) is 0 Å². The topological polar surface area (TPSA) is 44.2 Å². The molecule has 4 rings (SSSR count). The Labute approximate surface area is 190 Å². The third kappa shape index (κ3) is 5.08. The monoisotopic (exact) mass is 426 g/mol. The zero-order chi connectivity index (χ0) is 22.2. The van der Waals surface area contributed by atoms with Gasteiger partial charge in [0.05, 0.1) is 35.6 Å². The number of nitrogens with zero attached hydrogens (tertiary/aromatic N) is 2. The molecule has 0 aliphatic rings. The molecule has 4 heteroatoms. The number of unbranched alkanes of at least 4 members (excludes halogenated alkanes) is 2. The van der Waals surface area contributed by atoms with Gasteiger partial charge in [0.15, 0.2) is 11.5 Å². The Hall–Kier alpha value is -3.40. The van der Waals surface area contributed by atoms with Crippen LogP contribution >= 0.6 is 0 Å². The van der Waals surface area contributed by atoms with Crippen LogP contribution in [-0.2, 0) is 0 Å². The minimum absolute atomic E-state index is 0.660. The summed E-state index contributed by atoms with van der Waals surface area (Å²) < 4.78 is 12.2. The van der Waals surface area contributed by atoms with E-state index in [1.54, 1.807) is 0 Å². The molecule has 32 heavy (non-hydrogen) atoms. The van der Waals surface area contributed by atoms with E-state index in [-0.39, 0.29) is 0 Å². The molecule has 3 aromatic carbocycles. The second-order valence-electron chi connectivity index (χ2n) is 7.84. The van der Waals surface area contributed by atoms with E-state index in [2.05, 4.69) is 38.1 Å². The molecule has 0 radical (unpaired) electrons. The smallest absolute Gasteiger partial charge is 0.163 e. The number of benzene rings is 3. The summed E-state index contributed by atoms with van der Waals surface area (Å²) in [6.45, 7) is 5.64. The van der Waals surface area contributed by atoms with E-state index in [1.807, 2.05) is 48.5 Å². The lowest BCUT2D eigenvalue weighted by molar-refractivity contribution is 0.262. The average molecular weight is 427 g/mol. The van der Waals surface area contributed by atoms with Crippen molar-refractivity contribution in [3.63, 3.8) is 0 Å². The van der Waals surface area contributed by atoms with Gasteiger partial charge in [-0.1, -0.05) is 87.4 Å². The maximum absolute atomic E-state index is 6.08. The van der Waals surface area contributed by atoms with Crippen molar-refractivity contribution in [2.24, 2.45) is 0 Å². The number of fused-ring (bicyclic) bond motifs is 1. The minimum atomic E-state index is 0.660. The van der Waals surface area contributed by atoms with Gasteiger partial charge in [-0.05, 0) is 12.8 Å². The van der Waals surface area contributed by atoms with Crippen molar-refractivity contribution in [2.45, 2.75) is 39.5 Å². The van der Waals surface area contributed by atoms with Gasteiger partial charge in [-0.2, -0.15) is 0 Å². The van der Waals surface area contributed by atoms with Gasteiger partial charge >= 0.3 is 0 Å². The van der Waals surface area contributed by atoms with Crippen LogP contribution in [0.15, 0.2) is 72.8 Å². The zero-order valence-corrected chi connectivity index (χ0v) is 18.9. The summed E-state index contributed by atoms with van der Waals surface area (Å²) in [5.74, 6) is 1.48. The number of hydrogen-bond donors (Lipinski definition) is 0. The van der Waals surface area contributed by atoms with E-state index >= 15 is 0 Å². The van der Waals surface area contributed by atoms with Crippen LogP contribution in [0.25, 0.3) is 33.5 Å². The molecule has 0 unspecified atom stereocenters. The van der Waals surface area contributed by atoms with Crippen molar-refractivity contribution >= 4 is 11.0 Å². The quantitative estimate of drug-likeness (QED) is 0.249. The Bertz CT molecular complexity index is 1050. The lowest BCUT2D eigenvalue weighted by Crippen LogP contribution is -2.03. The molecule has 0 bridgehead atoms. The van der Waals surface area contributed by atoms with Crippen molar-refractivity contribution in [3.8, 4) is 34.0 Å². The Kier molecular flexibility index (Phi) is 7.34. The first kappa shape index (κ1) is 21.8. The molecule has 0 N–H and O–H groups in total. The molecule has 4 aromatic rings. The fourth-order valence-electron chi connectivity index (χ4n) is 3.54. The first-order chi connectivity index (χ1) is 15.8. The van der Waals surface area contributed by atoms with Crippen LogP contribution < -0.4 is 9.47 Å².